The molecule has 2 heterocycles. The van der Waals surface area contributed by atoms with Crippen LogP contribution >= 0.6 is 0 Å². The molecule has 11 heteroatoms. The minimum atomic E-state index is -5.14. The van der Waals surface area contributed by atoms with Crippen LogP contribution in [0.25, 0.3) is 0 Å². The van der Waals surface area contributed by atoms with Gasteiger partial charge in [0.25, 0.3) is 5.91 Å². The molecular weight excluding hydrogens is 455 g/mol. The fourth-order valence-electron chi connectivity index (χ4n) is 4.32. The highest BCUT2D eigenvalue weighted by Crippen LogP contribution is 2.38. The lowest BCUT2D eigenvalue weighted by Crippen LogP contribution is -2.50. The van der Waals surface area contributed by atoms with Crippen LogP contribution in [-0.2, 0) is 20.7 Å². The van der Waals surface area contributed by atoms with Crippen LogP contribution in [0.15, 0.2) is 42.5 Å². The van der Waals surface area contributed by atoms with E-state index in [1.54, 1.807) is 12.1 Å². The predicted octanol–water partition coefficient (Wildman–Crippen LogP) is 2.85. The molecule has 8 nitrogen and oxygen atoms in total. The van der Waals surface area contributed by atoms with Gasteiger partial charge in [0.2, 0.25) is 0 Å². The summed E-state index contributed by atoms with van der Waals surface area (Å²) in [6.07, 6.45) is -4.97. The van der Waals surface area contributed by atoms with Gasteiger partial charge in [-0.2, -0.15) is 13.2 Å². The third kappa shape index (κ3) is 4.69. The SMILES string of the molecule is O=C(O)c1ccc(NC(=O)C2c3cccc(N4CCOCC4)c3CCN2C(=O)C(F)(F)F)cc1. The molecule has 2 N–H and O–H groups in total. The van der Waals surface area contributed by atoms with Crippen molar-refractivity contribution in [3.05, 3.63) is 59.2 Å². The second-order valence-electron chi connectivity index (χ2n) is 7.96. The van der Waals surface area contributed by atoms with E-state index in [2.05, 4.69) is 10.2 Å². The van der Waals surface area contributed by atoms with E-state index < -0.39 is 30.0 Å². The van der Waals surface area contributed by atoms with Crippen LogP contribution in [0, 0.1) is 0 Å². The number of carboxylic acid groups (broad SMARTS) is 1. The van der Waals surface area contributed by atoms with Gasteiger partial charge in [-0.25, -0.2) is 4.79 Å². The summed E-state index contributed by atoms with van der Waals surface area (Å²) in [6.45, 7) is 1.96. The Morgan fingerprint density at radius 1 is 1.00 bits per heavy atom. The number of ether oxygens (including phenoxy) is 1. The number of carbonyl (C=O) groups excluding carboxylic acids is 2. The highest BCUT2D eigenvalue weighted by atomic mass is 19.4. The molecule has 0 spiro atoms. The number of anilines is 2. The fraction of sp³-hybridized carbons (Fsp3) is 0.348. The summed E-state index contributed by atoms with van der Waals surface area (Å²) >= 11 is 0. The molecule has 0 radical (unpaired) electrons. The largest absolute Gasteiger partial charge is 0.478 e. The van der Waals surface area contributed by atoms with Crippen molar-refractivity contribution < 1.29 is 37.4 Å². The summed E-state index contributed by atoms with van der Waals surface area (Å²) < 4.78 is 45.5. The normalized spacial score (nSPS) is 18.3. The number of aromatic carboxylic acids is 1. The van der Waals surface area contributed by atoms with Gasteiger partial charge in [0.15, 0.2) is 0 Å². The summed E-state index contributed by atoms with van der Waals surface area (Å²) in [4.78, 5) is 39.1. The Bertz CT molecular complexity index is 1100. The van der Waals surface area contributed by atoms with E-state index in [0.717, 1.165) is 11.3 Å². The summed E-state index contributed by atoms with van der Waals surface area (Å²) in [7, 11) is 0. The molecule has 1 atom stereocenters. The Morgan fingerprint density at radius 3 is 2.29 bits per heavy atom. The second-order valence-corrected chi connectivity index (χ2v) is 7.96. The van der Waals surface area contributed by atoms with E-state index in [-0.39, 0.29) is 24.2 Å². The van der Waals surface area contributed by atoms with Gasteiger partial charge in [-0.15, -0.1) is 0 Å². The topological polar surface area (TPSA) is 99.2 Å². The number of benzene rings is 2. The van der Waals surface area contributed by atoms with Crippen molar-refractivity contribution in [3.63, 3.8) is 0 Å². The number of carbonyl (C=O) groups is 3. The van der Waals surface area contributed by atoms with Crippen LogP contribution in [0.2, 0.25) is 0 Å². The molecule has 4 rings (SSSR count). The Hall–Kier alpha value is -3.60. The van der Waals surface area contributed by atoms with Gasteiger partial charge in [0, 0.05) is 31.0 Å². The molecule has 2 aliphatic heterocycles. The second kappa shape index (κ2) is 9.34. The standard InChI is InChI=1S/C23H22F3N3O5/c24-23(25,26)22(33)29-9-8-16-17(2-1-3-18(16)28-10-12-34-13-11-28)19(29)20(30)27-15-6-4-14(5-7-15)21(31)32/h1-7,19H,8-13H2,(H,27,30)(H,31,32). The number of nitrogens with one attached hydrogen (secondary N) is 1. The Labute approximate surface area is 192 Å². The Morgan fingerprint density at radius 2 is 1.68 bits per heavy atom. The molecule has 2 aliphatic rings. The van der Waals surface area contributed by atoms with Gasteiger partial charge in [-0.3, -0.25) is 9.59 Å². The maximum absolute atomic E-state index is 13.4. The van der Waals surface area contributed by atoms with Crippen LogP contribution < -0.4 is 10.2 Å². The number of hydrogen-bond acceptors (Lipinski definition) is 5. The first kappa shape index (κ1) is 23.6. The van der Waals surface area contributed by atoms with Crippen molar-refractivity contribution in [2.75, 3.05) is 43.1 Å². The van der Waals surface area contributed by atoms with Crippen LogP contribution in [-0.4, -0.2) is 66.8 Å². The minimum absolute atomic E-state index is 0.00922. The molecule has 0 aromatic heterocycles. The van der Waals surface area contributed by atoms with Crippen molar-refractivity contribution in [1.82, 2.24) is 4.90 Å². The molecule has 2 aromatic rings. The predicted molar refractivity (Wildman–Crippen MR) is 116 cm³/mol. The van der Waals surface area contributed by atoms with Gasteiger partial charge in [-0.1, -0.05) is 12.1 Å². The number of fused-ring (bicyclic) bond motifs is 1. The van der Waals surface area contributed by atoms with E-state index in [1.807, 2.05) is 6.07 Å². The number of morpholine rings is 1. The van der Waals surface area contributed by atoms with Crippen LogP contribution in [0.3, 0.4) is 0 Å². The molecule has 1 saturated heterocycles. The van der Waals surface area contributed by atoms with Gasteiger partial charge < -0.3 is 25.0 Å². The average molecular weight is 477 g/mol. The van der Waals surface area contributed by atoms with E-state index >= 15 is 0 Å². The summed E-state index contributed by atoms with van der Waals surface area (Å²) in [5.41, 5.74) is 2.05. The molecule has 0 saturated carbocycles. The van der Waals surface area contributed by atoms with Gasteiger partial charge in [0.05, 0.1) is 18.8 Å². The van der Waals surface area contributed by atoms with E-state index in [0.29, 0.717) is 36.8 Å². The van der Waals surface area contributed by atoms with Gasteiger partial charge in [0.1, 0.15) is 6.04 Å². The summed E-state index contributed by atoms with van der Waals surface area (Å²) in [6, 6.07) is 8.78. The highest BCUT2D eigenvalue weighted by Gasteiger charge is 2.48. The number of halogens is 3. The van der Waals surface area contributed by atoms with Crippen molar-refractivity contribution in [2.45, 2.75) is 18.6 Å². The van der Waals surface area contributed by atoms with Crippen molar-refractivity contribution in [1.29, 1.82) is 0 Å². The smallest absolute Gasteiger partial charge is 0.471 e. The van der Waals surface area contributed by atoms with E-state index in [4.69, 9.17) is 9.84 Å². The lowest BCUT2D eigenvalue weighted by molar-refractivity contribution is -0.188. The number of carboxylic acids is 1. The average Bonchev–Trinajstić information content (AvgIpc) is 2.82. The Kier molecular flexibility index (Phi) is 6.47. The zero-order valence-corrected chi connectivity index (χ0v) is 18.0. The summed E-state index contributed by atoms with van der Waals surface area (Å²) in [5.74, 6) is -4.06. The minimum Gasteiger partial charge on any atom is -0.478 e. The number of hydrogen-bond donors (Lipinski definition) is 2. The molecule has 180 valence electrons. The third-order valence-corrected chi connectivity index (χ3v) is 5.90. The zero-order chi connectivity index (χ0) is 24.5. The van der Waals surface area contributed by atoms with Gasteiger partial charge >= 0.3 is 18.1 Å². The third-order valence-electron chi connectivity index (χ3n) is 5.90. The fourth-order valence-corrected chi connectivity index (χ4v) is 4.32. The molecule has 2 aromatic carbocycles. The van der Waals surface area contributed by atoms with Gasteiger partial charge in [-0.05, 0) is 47.9 Å². The van der Waals surface area contributed by atoms with Crippen molar-refractivity contribution >= 4 is 29.2 Å². The number of nitrogens with zero attached hydrogens (tertiary/aromatic N) is 2. The first-order valence-corrected chi connectivity index (χ1v) is 10.6. The van der Waals surface area contributed by atoms with E-state index in [1.165, 1.54) is 24.3 Å². The molecule has 1 unspecified atom stereocenters. The molecule has 0 aliphatic carbocycles. The maximum Gasteiger partial charge on any atom is 0.471 e. The first-order valence-electron chi connectivity index (χ1n) is 10.6. The lowest BCUT2D eigenvalue weighted by atomic mass is 9.89. The van der Waals surface area contributed by atoms with Crippen LogP contribution in [0.5, 0.6) is 0 Å². The highest BCUT2D eigenvalue weighted by molar-refractivity contribution is 5.99. The molecule has 34 heavy (non-hydrogen) atoms. The van der Waals surface area contributed by atoms with Crippen molar-refractivity contribution in [2.24, 2.45) is 0 Å². The zero-order valence-electron chi connectivity index (χ0n) is 18.0. The maximum atomic E-state index is 13.4. The van der Waals surface area contributed by atoms with Crippen molar-refractivity contribution in [3.8, 4) is 0 Å². The number of rotatable bonds is 4. The molecule has 2 amide bonds. The lowest BCUT2D eigenvalue weighted by Gasteiger charge is -2.39. The molecule has 1 fully saturated rings. The monoisotopic (exact) mass is 477 g/mol. The Balaban J connectivity index is 1.70. The van der Waals surface area contributed by atoms with Crippen LogP contribution in [0.4, 0.5) is 24.5 Å². The number of alkyl halides is 3. The first-order chi connectivity index (χ1) is 16.2. The van der Waals surface area contributed by atoms with Crippen LogP contribution in [0.1, 0.15) is 27.5 Å². The quantitative estimate of drug-likeness (QED) is 0.703. The number of amides is 2. The molecular formula is C23H22F3N3O5. The van der Waals surface area contributed by atoms with E-state index in [9.17, 15) is 27.6 Å². The molecule has 0 bridgehead atoms. The summed E-state index contributed by atoms with van der Waals surface area (Å²) in [5, 5.41) is 11.6.